The second kappa shape index (κ2) is 15.9. The van der Waals surface area contributed by atoms with E-state index in [1.807, 2.05) is 0 Å². The number of phenolic OH excluding ortho intramolecular Hbond substituents is 3. The van der Waals surface area contributed by atoms with Crippen molar-refractivity contribution in [3.63, 3.8) is 0 Å². The minimum absolute atomic E-state index is 0.0257. The predicted octanol–water partition coefficient (Wildman–Crippen LogP) is 6.16. The third kappa shape index (κ3) is 7.98. The molecule has 6 N–H and O–H groups in total. The molecule has 4 aliphatic rings. The maximum atomic E-state index is 14.1. The summed E-state index contributed by atoms with van der Waals surface area (Å²) in [5.41, 5.74) is 3.02. The second-order valence-electron chi connectivity index (χ2n) is 15.6. The van der Waals surface area contributed by atoms with Gasteiger partial charge in [-0.3, -0.25) is 14.4 Å². The second-order valence-corrected chi connectivity index (χ2v) is 15.6. The first-order valence-corrected chi connectivity index (χ1v) is 19.9. The highest BCUT2D eigenvalue weighted by Crippen LogP contribution is 2.42. The summed E-state index contributed by atoms with van der Waals surface area (Å²) in [6.07, 6.45) is 4.19. The van der Waals surface area contributed by atoms with E-state index in [0.717, 1.165) is 38.4 Å². The molecule has 15 nitrogen and oxygen atoms in total. The van der Waals surface area contributed by atoms with Crippen LogP contribution in [0.3, 0.4) is 0 Å². The number of phenols is 3. The van der Waals surface area contributed by atoms with E-state index in [9.17, 15) is 39.6 Å². The van der Waals surface area contributed by atoms with Gasteiger partial charge in [0.1, 0.15) is 40.0 Å². The van der Waals surface area contributed by atoms with Gasteiger partial charge in [-0.2, -0.15) is 0 Å². The molecule has 9 rings (SSSR count). The summed E-state index contributed by atoms with van der Waals surface area (Å²) in [5.74, 6) is -1.70. The number of carbonyl (C=O) groups is 3. The number of likely N-dealkylation sites (tertiary alicyclic amines) is 1. The minimum Gasteiger partial charge on any atom is -0.508 e. The van der Waals surface area contributed by atoms with Gasteiger partial charge in [0.05, 0.1) is 5.56 Å². The third-order valence-electron chi connectivity index (χ3n) is 11.3. The number of aromatic nitrogens is 3. The molecule has 3 heterocycles. The number of aromatic hydroxyl groups is 3. The van der Waals surface area contributed by atoms with E-state index in [4.69, 9.17) is 4.42 Å². The van der Waals surface area contributed by atoms with Gasteiger partial charge in [-0.15, -0.1) is 5.10 Å². The molecular weight excluding hydrogens is 781 g/mol. The largest absolute Gasteiger partial charge is 0.508 e. The Hall–Kier alpha value is -7.52. The molecule has 0 radical (unpaired) electrons. The number of benzene rings is 5. The van der Waals surface area contributed by atoms with Crippen molar-refractivity contribution in [2.45, 2.75) is 38.3 Å². The molecule has 1 aromatic heterocycles. The number of rotatable bonds is 11. The van der Waals surface area contributed by atoms with Crippen LogP contribution in [0.5, 0.6) is 17.2 Å². The molecule has 1 saturated carbocycles. The van der Waals surface area contributed by atoms with Crippen molar-refractivity contribution >= 4 is 28.8 Å². The average Bonchev–Trinajstić information content (AvgIpc) is 3.96. The summed E-state index contributed by atoms with van der Waals surface area (Å²) < 4.78 is 7.32. The maximum absolute atomic E-state index is 14.1. The molecule has 15 heteroatoms. The molecular formula is C46H40N6O9. The normalized spacial score (nSPS) is 14.6. The lowest BCUT2D eigenvalue weighted by Gasteiger charge is -2.32. The van der Waals surface area contributed by atoms with Crippen LogP contribution in [-0.4, -0.2) is 83.8 Å². The highest BCUT2D eigenvalue weighted by atomic mass is 16.4. The third-order valence-corrected chi connectivity index (χ3v) is 11.3. The predicted molar refractivity (Wildman–Crippen MR) is 224 cm³/mol. The number of piperidine rings is 1. The van der Waals surface area contributed by atoms with Crippen molar-refractivity contribution in [2.24, 2.45) is 5.92 Å². The van der Waals surface area contributed by atoms with Crippen LogP contribution in [-0.2, 0) is 6.54 Å². The van der Waals surface area contributed by atoms with Gasteiger partial charge in [-0.1, -0.05) is 35.5 Å². The number of carboxylic acids is 1. The fourth-order valence-corrected chi connectivity index (χ4v) is 8.02. The Bertz CT molecular complexity index is 2870. The average molecular weight is 821 g/mol. The lowest BCUT2D eigenvalue weighted by Crippen LogP contribution is -2.45. The lowest BCUT2D eigenvalue weighted by molar-refractivity contribution is 0.0696. The summed E-state index contributed by atoms with van der Waals surface area (Å²) in [7, 11) is 0. The summed E-state index contributed by atoms with van der Waals surface area (Å²) in [5, 5.41) is 56.0. The number of amides is 2. The summed E-state index contributed by atoms with van der Waals surface area (Å²) in [4.78, 5) is 54.8. The number of hydrogen-bond donors (Lipinski definition) is 6. The zero-order valence-corrected chi connectivity index (χ0v) is 32.7. The molecule has 1 saturated heterocycles. The quantitative estimate of drug-likeness (QED) is 0.0808. The van der Waals surface area contributed by atoms with Gasteiger partial charge in [0.25, 0.3) is 11.8 Å². The summed E-state index contributed by atoms with van der Waals surface area (Å²) >= 11 is 0. The first-order valence-electron chi connectivity index (χ1n) is 19.9. The number of fused-ring (bicyclic) bond motifs is 2. The van der Waals surface area contributed by atoms with Gasteiger partial charge in [-0.25, -0.2) is 9.48 Å². The Morgan fingerprint density at radius 3 is 2.26 bits per heavy atom. The molecule has 2 aliphatic heterocycles. The molecule has 5 aromatic rings. The van der Waals surface area contributed by atoms with Gasteiger partial charge in [0.2, 0.25) is 0 Å². The zero-order valence-electron chi connectivity index (χ0n) is 32.7. The minimum atomic E-state index is -1.23. The van der Waals surface area contributed by atoms with E-state index >= 15 is 0 Å². The number of carboxylic acid groups (broad SMARTS) is 1. The van der Waals surface area contributed by atoms with Crippen LogP contribution in [0.25, 0.3) is 50.4 Å². The molecule has 0 atom stereocenters. The van der Waals surface area contributed by atoms with Crippen LogP contribution in [0.15, 0.2) is 106 Å². The van der Waals surface area contributed by atoms with Crippen molar-refractivity contribution in [1.29, 1.82) is 0 Å². The highest BCUT2D eigenvalue weighted by Gasteiger charge is 2.30. The van der Waals surface area contributed by atoms with Crippen LogP contribution in [0.1, 0.15) is 62.5 Å². The monoisotopic (exact) mass is 820 g/mol. The highest BCUT2D eigenvalue weighted by molar-refractivity contribution is 6.10. The number of hydrogen-bond acceptors (Lipinski definition) is 11. The van der Waals surface area contributed by atoms with E-state index in [0.29, 0.717) is 38.9 Å². The Balaban J connectivity index is 1.00. The number of nitrogens with one attached hydrogen (secondary N) is 2. The Morgan fingerprint density at radius 2 is 1.52 bits per heavy atom. The van der Waals surface area contributed by atoms with Crippen LogP contribution in [0.4, 0.5) is 0 Å². The lowest BCUT2D eigenvalue weighted by atomic mass is 9.89. The van der Waals surface area contributed by atoms with Crippen LogP contribution in [0, 0.1) is 5.92 Å². The molecule has 61 heavy (non-hydrogen) atoms. The molecule has 2 aliphatic carbocycles. The van der Waals surface area contributed by atoms with E-state index in [2.05, 4.69) is 25.8 Å². The molecule has 2 amide bonds. The molecule has 308 valence electrons. The number of nitrogens with zero attached hydrogens (tertiary/aromatic N) is 4. The van der Waals surface area contributed by atoms with E-state index < -0.39 is 17.8 Å². The van der Waals surface area contributed by atoms with Crippen molar-refractivity contribution in [3.05, 3.63) is 130 Å². The van der Waals surface area contributed by atoms with Gasteiger partial charge < -0.3 is 40.4 Å². The standard InChI is InChI=1S/C46H40N6O9/c53-30-10-14-37(38(56)20-30)52-43(42(49-50-52)45(58)48-29-15-17-51(18-16-29)24-26-1-2-26)27-5-3-25(4-6-27)23-47-44(57)36-19-28(46(59)60)7-11-33(36)41-34-12-8-31(54)21-39(34)61-40-22-32(55)9-13-35(40)41/h3-14,19-22,26,29,53-54,56H,1-2,15-18,23-24H2,(H,47,57)(H,48,58)(H,59,60). The number of carbonyl (C=O) groups excluding carboxylic acids is 2. The van der Waals surface area contributed by atoms with Crippen molar-refractivity contribution in [3.8, 4) is 56.6 Å². The first-order chi connectivity index (χ1) is 29.5. The SMILES string of the molecule is O=C(O)c1ccc(-c2c3ccc(=O)cc-3oc3cc(O)ccc23)c(C(=O)NCc2ccc(-c3c(C(=O)NC4CCN(CC5CC5)CC4)nnn3-c3ccc(O)cc3O)cc2)c1. The van der Waals surface area contributed by atoms with Crippen molar-refractivity contribution < 1.29 is 39.2 Å². The van der Waals surface area contributed by atoms with E-state index in [1.165, 1.54) is 78.2 Å². The van der Waals surface area contributed by atoms with Crippen LogP contribution in [0.2, 0.25) is 0 Å². The fourth-order valence-electron chi connectivity index (χ4n) is 8.02. The van der Waals surface area contributed by atoms with Gasteiger partial charge in [0.15, 0.2) is 11.1 Å². The number of aromatic carboxylic acids is 1. The molecule has 0 unspecified atom stereocenters. The van der Waals surface area contributed by atoms with E-state index in [-0.39, 0.29) is 69.1 Å². The molecule has 0 spiro atoms. The van der Waals surface area contributed by atoms with Crippen LogP contribution < -0.4 is 16.1 Å². The zero-order chi connectivity index (χ0) is 42.4. The Morgan fingerprint density at radius 1 is 0.787 bits per heavy atom. The van der Waals surface area contributed by atoms with E-state index in [1.54, 1.807) is 36.4 Å². The van der Waals surface area contributed by atoms with Gasteiger partial charge in [0, 0.05) is 78.1 Å². The summed E-state index contributed by atoms with van der Waals surface area (Å²) in [6.45, 7) is 2.93. The maximum Gasteiger partial charge on any atom is 0.335 e. The topological polar surface area (TPSA) is 220 Å². The van der Waals surface area contributed by atoms with Gasteiger partial charge in [-0.05, 0) is 91.3 Å². The Labute approximate surface area is 347 Å². The van der Waals surface area contributed by atoms with Crippen LogP contribution >= 0.6 is 0 Å². The van der Waals surface area contributed by atoms with Crippen molar-refractivity contribution in [1.82, 2.24) is 30.5 Å². The van der Waals surface area contributed by atoms with Gasteiger partial charge >= 0.3 is 5.97 Å². The molecule has 4 aromatic carbocycles. The molecule has 0 bridgehead atoms. The first kappa shape index (κ1) is 39.0. The smallest absolute Gasteiger partial charge is 0.335 e. The van der Waals surface area contributed by atoms with Crippen molar-refractivity contribution in [2.75, 3.05) is 19.6 Å². The molecule has 2 fully saturated rings. The fraction of sp³-hybridized carbons (Fsp3) is 0.217. The summed E-state index contributed by atoms with van der Waals surface area (Å²) in [6, 6.07) is 23.9. The Kier molecular flexibility index (Phi) is 10.2.